The summed E-state index contributed by atoms with van der Waals surface area (Å²) in [4.78, 5) is 20.2. The van der Waals surface area contributed by atoms with Crippen molar-refractivity contribution in [3.63, 3.8) is 0 Å². The number of hydrogen-bond donors (Lipinski definition) is 2. The van der Waals surface area contributed by atoms with Crippen LogP contribution in [0.25, 0.3) is 22.0 Å². The van der Waals surface area contributed by atoms with Crippen LogP contribution in [0.15, 0.2) is 71.3 Å². The van der Waals surface area contributed by atoms with Crippen LogP contribution in [0, 0.1) is 5.82 Å². The van der Waals surface area contributed by atoms with Crippen molar-refractivity contribution in [2.45, 2.75) is 12.8 Å². The summed E-state index contributed by atoms with van der Waals surface area (Å²) in [5.74, 6) is 0.207. The first-order valence-corrected chi connectivity index (χ1v) is 9.51. The first-order chi connectivity index (χ1) is 14.7. The Morgan fingerprint density at radius 3 is 2.80 bits per heavy atom. The van der Waals surface area contributed by atoms with E-state index in [1.54, 1.807) is 24.3 Å². The number of nitrogens with zero attached hydrogens (tertiary/aromatic N) is 2. The van der Waals surface area contributed by atoms with Crippen LogP contribution in [-0.4, -0.2) is 21.0 Å². The molecule has 1 amide bonds. The second-order valence-corrected chi connectivity index (χ2v) is 7.03. The molecule has 0 atom stereocenters. The molecule has 0 aliphatic rings. The van der Waals surface area contributed by atoms with Gasteiger partial charge < -0.3 is 14.8 Å². The lowest BCUT2D eigenvalue weighted by atomic mass is 10.1. The van der Waals surface area contributed by atoms with E-state index >= 15 is 0 Å². The molecule has 0 bridgehead atoms. The van der Waals surface area contributed by atoms with Gasteiger partial charge >= 0.3 is 0 Å². The molecule has 6 nitrogen and oxygen atoms in total. The maximum absolute atomic E-state index is 13.9. The Morgan fingerprint density at radius 1 is 1.07 bits per heavy atom. The van der Waals surface area contributed by atoms with Gasteiger partial charge in [0.05, 0.1) is 17.5 Å². The van der Waals surface area contributed by atoms with Gasteiger partial charge in [0, 0.05) is 17.5 Å². The summed E-state index contributed by atoms with van der Waals surface area (Å²) in [7, 11) is 0. The molecule has 148 valence electrons. The Balaban J connectivity index is 1.32. The van der Waals surface area contributed by atoms with E-state index in [-0.39, 0.29) is 18.1 Å². The lowest BCUT2D eigenvalue weighted by molar-refractivity contribution is -0.115. The lowest BCUT2D eigenvalue weighted by Gasteiger charge is -2.04. The molecule has 0 aliphatic carbocycles. The standard InChI is InChI=1S/C23H17FN4O2/c24-17-7-3-1-5-14(17)11-22-26-18-10-9-15(12-20(18)27-22)25-23(29)13-19-16-6-2-4-8-21(16)30-28-19/h1-10,12H,11,13H2,(H,25,29)(H,26,27). The molecular formula is C23H17FN4O2. The fraction of sp³-hybridized carbons (Fsp3) is 0.0870. The Hall–Kier alpha value is -4.00. The fourth-order valence-corrected chi connectivity index (χ4v) is 3.47. The SMILES string of the molecule is O=C(Cc1noc2ccccc12)Nc1ccc2nc(Cc3ccccc3F)[nH]c2c1. The van der Waals surface area contributed by atoms with Gasteiger partial charge in [-0.3, -0.25) is 4.79 Å². The van der Waals surface area contributed by atoms with Crippen molar-refractivity contribution in [2.24, 2.45) is 0 Å². The third kappa shape index (κ3) is 3.53. The lowest BCUT2D eigenvalue weighted by Crippen LogP contribution is -2.14. The van der Waals surface area contributed by atoms with Crippen molar-refractivity contribution in [2.75, 3.05) is 5.32 Å². The highest BCUT2D eigenvalue weighted by atomic mass is 19.1. The van der Waals surface area contributed by atoms with E-state index in [1.165, 1.54) is 6.07 Å². The largest absolute Gasteiger partial charge is 0.356 e. The van der Waals surface area contributed by atoms with Gasteiger partial charge in [-0.15, -0.1) is 0 Å². The van der Waals surface area contributed by atoms with E-state index in [0.717, 1.165) is 16.4 Å². The van der Waals surface area contributed by atoms with E-state index in [2.05, 4.69) is 20.4 Å². The number of halogens is 1. The molecule has 0 spiro atoms. The van der Waals surface area contributed by atoms with E-state index in [1.807, 2.05) is 36.4 Å². The smallest absolute Gasteiger partial charge is 0.230 e. The third-order valence-electron chi connectivity index (χ3n) is 4.91. The Kier molecular flexibility index (Phi) is 4.48. The summed E-state index contributed by atoms with van der Waals surface area (Å²) in [5, 5.41) is 7.70. The molecule has 3 aromatic carbocycles. The summed E-state index contributed by atoms with van der Waals surface area (Å²) < 4.78 is 19.1. The highest BCUT2D eigenvalue weighted by Gasteiger charge is 2.13. The molecule has 5 rings (SSSR count). The minimum atomic E-state index is -0.258. The van der Waals surface area contributed by atoms with Crippen molar-refractivity contribution < 1.29 is 13.7 Å². The molecule has 0 unspecified atom stereocenters. The molecule has 0 saturated heterocycles. The van der Waals surface area contributed by atoms with Crippen LogP contribution >= 0.6 is 0 Å². The fourth-order valence-electron chi connectivity index (χ4n) is 3.47. The second-order valence-electron chi connectivity index (χ2n) is 7.03. The number of H-pyrrole nitrogens is 1. The number of aromatic nitrogens is 3. The number of fused-ring (bicyclic) bond motifs is 2. The molecule has 0 radical (unpaired) electrons. The van der Waals surface area contributed by atoms with Crippen LogP contribution in [0.4, 0.5) is 10.1 Å². The Bertz CT molecular complexity index is 1370. The van der Waals surface area contributed by atoms with Crippen LogP contribution in [0.1, 0.15) is 17.1 Å². The van der Waals surface area contributed by atoms with Crippen molar-refractivity contribution in [1.82, 2.24) is 15.1 Å². The summed E-state index contributed by atoms with van der Waals surface area (Å²) in [6.45, 7) is 0. The van der Waals surface area contributed by atoms with E-state index < -0.39 is 0 Å². The molecular weight excluding hydrogens is 383 g/mol. The minimum absolute atomic E-state index is 0.108. The molecule has 5 aromatic rings. The number of rotatable bonds is 5. The van der Waals surface area contributed by atoms with E-state index in [9.17, 15) is 9.18 Å². The second kappa shape index (κ2) is 7.44. The number of para-hydroxylation sites is 1. The quantitative estimate of drug-likeness (QED) is 0.451. The molecule has 7 heteroatoms. The Morgan fingerprint density at radius 2 is 1.90 bits per heavy atom. The monoisotopic (exact) mass is 400 g/mol. The van der Waals surface area contributed by atoms with Crippen LogP contribution in [0.5, 0.6) is 0 Å². The van der Waals surface area contributed by atoms with Crippen molar-refractivity contribution in [3.05, 3.63) is 89.6 Å². The van der Waals surface area contributed by atoms with Crippen LogP contribution in [0.2, 0.25) is 0 Å². The Labute approximate surface area is 170 Å². The normalized spacial score (nSPS) is 11.2. The number of benzene rings is 3. The van der Waals surface area contributed by atoms with Gasteiger partial charge in [-0.25, -0.2) is 9.37 Å². The van der Waals surface area contributed by atoms with E-state index in [0.29, 0.717) is 34.8 Å². The zero-order valence-corrected chi connectivity index (χ0v) is 15.9. The van der Waals surface area contributed by atoms with Gasteiger partial charge in [0.1, 0.15) is 17.3 Å². The predicted molar refractivity (Wildman–Crippen MR) is 112 cm³/mol. The summed E-state index contributed by atoms with van der Waals surface area (Å²) in [6.07, 6.45) is 0.471. The minimum Gasteiger partial charge on any atom is -0.356 e. The number of amides is 1. The summed E-state index contributed by atoms with van der Waals surface area (Å²) >= 11 is 0. The van der Waals surface area contributed by atoms with Crippen molar-refractivity contribution >= 4 is 33.6 Å². The molecule has 2 N–H and O–H groups in total. The number of anilines is 1. The molecule has 2 heterocycles. The first kappa shape index (κ1) is 18.1. The van der Waals surface area contributed by atoms with Gasteiger partial charge in [-0.2, -0.15) is 0 Å². The number of carbonyl (C=O) groups is 1. The molecule has 0 fully saturated rings. The number of imidazole rings is 1. The van der Waals surface area contributed by atoms with Crippen LogP contribution < -0.4 is 5.32 Å². The highest BCUT2D eigenvalue weighted by Crippen LogP contribution is 2.21. The molecule has 30 heavy (non-hydrogen) atoms. The average molecular weight is 400 g/mol. The van der Waals surface area contributed by atoms with Crippen molar-refractivity contribution in [3.8, 4) is 0 Å². The average Bonchev–Trinajstić information content (AvgIpc) is 3.33. The number of hydrogen-bond acceptors (Lipinski definition) is 4. The van der Waals surface area contributed by atoms with E-state index in [4.69, 9.17) is 4.52 Å². The number of aromatic amines is 1. The number of carbonyl (C=O) groups excluding carboxylic acids is 1. The summed E-state index contributed by atoms with van der Waals surface area (Å²) in [5.41, 5.74) is 3.98. The van der Waals surface area contributed by atoms with Crippen LogP contribution in [0.3, 0.4) is 0 Å². The van der Waals surface area contributed by atoms with Gasteiger partial charge in [-0.05, 0) is 42.0 Å². The van der Waals surface area contributed by atoms with Crippen molar-refractivity contribution in [1.29, 1.82) is 0 Å². The zero-order chi connectivity index (χ0) is 20.5. The number of nitrogens with one attached hydrogen (secondary N) is 2. The summed E-state index contributed by atoms with van der Waals surface area (Å²) in [6, 6.07) is 19.5. The first-order valence-electron chi connectivity index (χ1n) is 9.51. The highest BCUT2D eigenvalue weighted by molar-refractivity contribution is 5.96. The molecule has 0 aliphatic heterocycles. The zero-order valence-electron chi connectivity index (χ0n) is 15.9. The van der Waals surface area contributed by atoms with Gasteiger partial charge in [0.25, 0.3) is 0 Å². The predicted octanol–water partition coefficient (Wildman–Crippen LogP) is 4.62. The van der Waals surface area contributed by atoms with Gasteiger partial charge in [0.15, 0.2) is 5.58 Å². The maximum atomic E-state index is 13.9. The third-order valence-corrected chi connectivity index (χ3v) is 4.91. The van der Waals surface area contributed by atoms with Gasteiger partial charge in [-0.1, -0.05) is 35.5 Å². The molecule has 2 aromatic heterocycles. The maximum Gasteiger partial charge on any atom is 0.230 e. The van der Waals surface area contributed by atoms with Gasteiger partial charge in [0.2, 0.25) is 5.91 Å². The molecule has 0 saturated carbocycles. The topological polar surface area (TPSA) is 83.8 Å². The van der Waals surface area contributed by atoms with Crippen LogP contribution in [-0.2, 0) is 17.6 Å².